The summed E-state index contributed by atoms with van der Waals surface area (Å²) < 4.78 is 0. The van der Waals surface area contributed by atoms with Gasteiger partial charge >= 0.3 is 0 Å². The number of aliphatic hydroxyl groups excluding tert-OH is 1. The fourth-order valence-electron chi connectivity index (χ4n) is 2.38. The van der Waals surface area contributed by atoms with Crippen LogP contribution >= 0.6 is 0 Å². The number of aliphatic hydroxyl groups is 1. The van der Waals surface area contributed by atoms with E-state index in [2.05, 4.69) is 22.1 Å². The first kappa shape index (κ1) is 12.5. The van der Waals surface area contributed by atoms with Gasteiger partial charge in [-0.05, 0) is 37.6 Å². The molecule has 0 aromatic carbocycles. The van der Waals surface area contributed by atoms with Crippen molar-refractivity contribution in [1.82, 2.24) is 15.2 Å². The Balaban J connectivity index is 2.09. The first-order chi connectivity index (χ1) is 8.31. The maximum atomic E-state index is 9.49. The van der Waals surface area contributed by atoms with E-state index in [0.29, 0.717) is 6.04 Å². The first-order valence-electron chi connectivity index (χ1n) is 6.27. The molecule has 0 aliphatic carbocycles. The Kier molecular flexibility index (Phi) is 4.48. The highest BCUT2D eigenvalue weighted by Gasteiger charge is 2.25. The summed E-state index contributed by atoms with van der Waals surface area (Å²) in [4.78, 5) is 6.42. The van der Waals surface area contributed by atoms with Crippen molar-refractivity contribution in [2.75, 3.05) is 19.7 Å². The SMILES string of the molecule is CC1CCNCC(CO)N1Cc1ccncc1. The van der Waals surface area contributed by atoms with Gasteiger partial charge in [-0.2, -0.15) is 0 Å². The third kappa shape index (κ3) is 3.25. The van der Waals surface area contributed by atoms with E-state index in [1.54, 1.807) is 0 Å². The maximum Gasteiger partial charge on any atom is 0.0599 e. The van der Waals surface area contributed by atoms with Gasteiger partial charge in [-0.25, -0.2) is 0 Å². The standard InChI is InChI=1S/C13H21N3O/c1-11-2-5-15-8-13(10-17)16(11)9-12-3-6-14-7-4-12/h3-4,6-7,11,13,15,17H,2,5,8-10H2,1H3. The summed E-state index contributed by atoms with van der Waals surface area (Å²) in [5.41, 5.74) is 1.26. The predicted molar refractivity (Wildman–Crippen MR) is 67.6 cm³/mol. The normalized spacial score (nSPS) is 26.7. The summed E-state index contributed by atoms with van der Waals surface area (Å²) in [6, 6.07) is 4.79. The van der Waals surface area contributed by atoms with Gasteiger partial charge in [0, 0.05) is 37.6 Å². The van der Waals surface area contributed by atoms with Crippen LogP contribution in [0.2, 0.25) is 0 Å². The van der Waals surface area contributed by atoms with Gasteiger partial charge in [0.05, 0.1) is 6.61 Å². The van der Waals surface area contributed by atoms with Gasteiger partial charge in [0.25, 0.3) is 0 Å². The molecule has 2 atom stereocenters. The second-order valence-electron chi connectivity index (χ2n) is 4.71. The fraction of sp³-hybridized carbons (Fsp3) is 0.615. The molecule has 1 aliphatic rings. The van der Waals surface area contributed by atoms with Crippen LogP contribution in [-0.4, -0.2) is 46.8 Å². The molecule has 2 rings (SSSR count). The van der Waals surface area contributed by atoms with Crippen molar-refractivity contribution in [2.45, 2.75) is 32.0 Å². The minimum atomic E-state index is 0.209. The number of nitrogens with zero attached hydrogens (tertiary/aromatic N) is 2. The zero-order valence-electron chi connectivity index (χ0n) is 10.3. The topological polar surface area (TPSA) is 48.4 Å². The third-order valence-corrected chi connectivity index (χ3v) is 3.48. The van der Waals surface area contributed by atoms with Gasteiger partial charge in [-0.3, -0.25) is 9.88 Å². The molecule has 0 radical (unpaired) electrons. The van der Waals surface area contributed by atoms with Crippen LogP contribution in [0.25, 0.3) is 0 Å². The van der Waals surface area contributed by atoms with E-state index in [-0.39, 0.29) is 12.6 Å². The molecular weight excluding hydrogens is 214 g/mol. The van der Waals surface area contributed by atoms with Gasteiger partial charge in [0.1, 0.15) is 0 Å². The Bertz CT molecular complexity index is 331. The average Bonchev–Trinajstić information content (AvgIpc) is 2.54. The monoisotopic (exact) mass is 235 g/mol. The maximum absolute atomic E-state index is 9.49. The van der Waals surface area contributed by atoms with Crippen LogP contribution in [0.3, 0.4) is 0 Å². The van der Waals surface area contributed by atoms with Gasteiger partial charge in [-0.15, -0.1) is 0 Å². The molecule has 1 aromatic heterocycles. The van der Waals surface area contributed by atoms with Crippen molar-refractivity contribution in [3.05, 3.63) is 30.1 Å². The lowest BCUT2D eigenvalue weighted by atomic mass is 10.1. The quantitative estimate of drug-likeness (QED) is 0.806. The molecule has 4 nitrogen and oxygen atoms in total. The highest BCUT2D eigenvalue weighted by atomic mass is 16.3. The molecular formula is C13H21N3O. The van der Waals surface area contributed by atoms with Crippen LogP contribution in [-0.2, 0) is 6.54 Å². The molecule has 1 aliphatic heterocycles. The predicted octanol–water partition coefficient (Wildman–Crippen LogP) is 0.626. The molecule has 17 heavy (non-hydrogen) atoms. The summed E-state index contributed by atoms with van der Waals surface area (Å²) in [5.74, 6) is 0. The second kappa shape index (κ2) is 6.10. The molecule has 1 saturated heterocycles. The van der Waals surface area contributed by atoms with Crippen LogP contribution in [0, 0.1) is 0 Å². The Hall–Kier alpha value is -0.970. The number of pyridine rings is 1. The van der Waals surface area contributed by atoms with Crippen LogP contribution in [0.1, 0.15) is 18.9 Å². The number of aromatic nitrogens is 1. The van der Waals surface area contributed by atoms with Crippen LogP contribution in [0.4, 0.5) is 0 Å². The zero-order chi connectivity index (χ0) is 12.1. The lowest BCUT2D eigenvalue weighted by molar-refractivity contribution is 0.0915. The van der Waals surface area contributed by atoms with Gasteiger partial charge in [-0.1, -0.05) is 0 Å². The van der Waals surface area contributed by atoms with Crippen molar-refractivity contribution in [2.24, 2.45) is 0 Å². The van der Waals surface area contributed by atoms with E-state index in [4.69, 9.17) is 0 Å². The molecule has 1 fully saturated rings. The first-order valence-corrected chi connectivity index (χ1v) is 6.27. The molecule has 2 unspecified atom stereocenters. The summed E-state index contributed by atoms with van der Waals surface area (Å²) in [5, 5.41) is 12.9. The summed E-state index contributed by atoms with van der Waals surface area (Å²) in [6.07, 6.45) is 4.77. The van der Waals surface area contributed by atoms with Crippen molar-refractivity contribution in [3.8, 4) is 0 Å². The Morgan fingerprint density at radius 3 is 2.94 bits per heavy atom. The highest BCUT2D eigenvalue weighted by Crippen LogP contribution is 2.15. The largest absolute Gasteiger partial charge is 0.395 e. The highest BCUT2D eigenvalue weighted by molar-refractivity contribution is 5.10. The fourth-order valence-corrected chi connectivity index (χ4v) is 2.38. The summed E-state index contributed by atoms with van der Waals surface area (Å²) >= 11 is 0. The molecule has 94 valence electrons. The molecule has 0 spiro atoms. The van der Waals surface area contributed by atoms with Crippen molar-refractivity contribution < 1.29 is 5.11 Å². The molecule has 4 heteroatoms. The van der Waals surface area contributed by atoms with E-state index in [0.717, 1.165) is 26.1 Å². The summed E-state index contributed by atoms with van der Waals surface area (Å²) in [6.45, 7) is 5.23. The molecule has 2 heterocycles. The molecule has 0 amide bonds. The van der Waals surface area contributed by atoms with E-state index in [1.807, 2.05) is 24.5 Å². The van der Waals surface area contributed by atoms with Gasteiger partial charge in [0.2, 0.25) is 0 Å². The van der Waals surface area contributed by atoms with Crippen molar-refractivity contribution >= 4 is 0 Å². The number of hydrogen-bond acceptors (Lipinski definition) is 4. The third-order valence-electron chi connectivity index (χ3n) is 3.48. The zero-order valence-corrected chi connectivity index (χ0v) is 10.3. The minimum absolute atomic E-state index is 0.209. The van der Waals surface area contributed by atoms with Crippen LogP contribution in [0.5, 0.6) is 0 Å². The molecule has 0 saturated carbocycles. The van der Waals surface area contributed by atoms with E-state index in [1.165, 1.54) is 5.56 Å². The van der Waals surface area contributed by atoms with Gasteiger partial charge < -0.3 is 10.4 Å². The number of nitrogens with one attached hydrogen (secondary N) is 1. The smallest absolute Gasteiger partial charge is 0.0599 e. The number of hydrogen-bond donors (Lipinski definition) is 2. The lowest BCUT2D eigenvalue weighted by Crippen LogP contribution is -2.45. The minimum Gasteiger partial charge on any atom is -0.395 e. The Morgan fingerprint density at radius 2 is 2.24 bits per heavy atom. The Morgan fingerprint density at radius 1 is 1.47 bits per heavy atom. The van der Waals surface area contributed by atoms with E-state index in [9.17, 15) is 5.11 Å². The molecule has 2 N–H and O–H groups in total. The van der Waals surface area contributed by atoms with Crippen LogP contribution < -0.4 is 5.32 Å². The van der Waals surface area contributed by atoms with Gasteiger partial charge in [0.15, 0.2) is 0 Å². The Labute approximate surface area is 103 Å². The van der Waals surface area contributed by atoms with Crippen molar-refractivity contribution in [3.63, 3.8) is 0 Å². The van der Waals surface area contributed by atoms with E-state index >= 15 is 0 Å². The second-order valence-corrected chi connectivity index (χ2v) is 4.71. The van der Waals surface area contributed by atoms with Crippen molar-refractivity contribution in [1.29, 1.82) is 0 Å². The number of rotatable bonds is 3. The summed E-state index contributed by atoms with van der Waals surface area (Å²) in [7, 11) is 0. The molecule has 1 aromatic rings. The average molecular weight is 235 g/mol. The molecule has 0 bridgehead atoms. The van der Waals surface area contributed by atoms with E-state index < -0.39 is 0 Å². The van der Waals surface area contributed by atoms with Crippen LogP contribution in [0.15, 0.2) is 24.5 Å². The lowest BCUT2D eigenvalue weighted by Gasteiger charge is -2.33.